The number of primary amides is 1. The first-order valence-electron chi connectivity index (χ1n) is 5.13. The molecule has 3 N–H and O–H groups in total. The molecule has 0 fully saturated rings. The van der Waals surface area contributed by atoms with Crippen LogP contribution in [0, 0.1) is 0 Å². The van der Waals surface area contributed by atoms with Crippen molar-refractivity contribution < 1.29 is 4.79 Å². The van der Waals surface area contributed by atoms with Gasteiger partial charge in [0.2, 0.25) is 5.91 Å². The molecule has 1 aromatic heterocycles. The van der Waals surface area contributed by atoms with E-state index in [1.54, 1.807) is 17.5 Å². The molecule has 2 atom stereocenters. The zero-order chi connectivity index (χ0) is 11.3. The van der Waals surface area contributed by atoms with E-state index < -0.39 is 0 Å². The Hall–Kier alpha value is -0.940. The summed E-state index contributed by atoms with van der Waals surface area (Å²) in [6.07, 6.45) is 3.38. The lowest BCUT2D eigenvalue weighted by Crippen LogP contribution is -2.42. The Morgan fingerprint density at radius 2 is 2.33 bits per heavy atom. The fourth-order valence-electron chi connectivity index (χ4n) is 1.41. The highest BCUT2D eigenvalue weighted by molar-refractivity contribution is 7.09. The second kappa shape index (κ2) is 5.82. The van der Waals surface area contributed by atoms with Gasteiger partial charge in [0, 0.05) is 11.6 Å². The number of nitrogens with zero attached hydrogens (tertiary/aromatic N) is 1. The summed E-state index contributed by atoms with van der Waals surface area (Å²) in [5.74, 6) is -0.299. The van der Waals surface area contributed by atoms with Gasteiger partial charge >= 0.3 is 0 Å². The zero-order valence-electron chi connectivity index (χ0n) is 9.06. The summed E-state index contributed by atoms with van der Waals surface area (Å²) in [4.78, 5) is 15.3. The molecule has 0 aliphatic rings. The number of hydrogen-bond acceptors (Lipinski definition) is 4. The Kier molecular flexibility index (Phi) is 4.71. The van der Waals surface area contributed by atoms with E-state index in [0.29, 0.717) is 6.42 Å². The molecule has 84 valence electrons. The SMILES string of the molecule is CCC(NC(CC)c1nccs1)C(N)=O. The summed E-state index contributed by atoms with van der Waals surface area (Å²) < 4.78 is 0. The summed E-state index contributed by atoms with van der Waals surface area (Å²) in [5, 5.41) is 6.18. The van der Waals surface area contributed by atoms with Crippen molar-refractivity contribution in [3.8, 4) is 0 Å². The molecule has 15 heavy (non-hydrogen) atoms. The van der Waals surface area contributed by atoms with E-state index in [1.807, 2.05) is 12.3 Å². The van der Waals surface area contributed by atoms with Crippen molar-refractivity contribution in [3.63, 3.8) is 0 Å². The highest BCUT2D eigenvalue weighted by atomic mass is 32.1. The Balaban J connectivity index is 2.64. The third-order valence-electron chi connectivity index (χ3n) is 2.31. The number of aromatic nitrogens is 1. The molecule has 0 radical (unpaired) electrons. The number of rotatable bonds is 6. The topological polar surface area (TPSA) is 68.0 Å². The second-order valence-electron chi connectivity index (χ2n) is 3.36. The van der Waals surface area contributed by atoms with Gasteiger partial charge in [-0.05, 0) is 12.8 Å². The van der Waals surface area contributed by atoms with E-state index in [9.17, 15) is 4.79 Å². The van der Waals surface area contributed by atoms with Crippen molar-refractivity contribution in [3.05, 3.63) is 16.6 Å². The monoisotopic (exact) mass is 227 g/mol. The number of carbonyl (C=O) groups excluding carboxylic acids is 1. The molecule has 4 nitrogen and oxygen atoms in total. The van der Waals surface area contributed by atoms with E-state index in [0.717, 1.165) is 11.4 Å². The minimum atomic E-state index is -0.299. The Morgan fingerprint density at radius 1 is 1.60 bits per heavy atom. The third kappa shape index (κ3) is 3.28. The van der Waals surface area contributed by atoms with Gasteiger partial charge in [0.15, 0.2) is 0 Å². The van der Waals surface area contributed by atoms with Crippen LogP contribution in [0.1, 0.15) is 37.7 Å². The van der Waals surface area contributed by atoms with Gasteiger partial charge in [-0.15, -0.1) is 11.3 Å². The predicted molar refractivity (Wildman–Crippen MR) is 61.6 cm³/mol. The molecule has 1 amide bonds. The smallest absolute Gasteiger partial charge is 0.234 e. The minimum Gasteiger partial charge on any atom is -0.368 e. The van der Waals surface area contributed by atoms with Gasteiger partial charge in [0.25, 0.3) is 0 Å². The molecule has 1 heterocycles. The van der Waals surface area contributed by atoms with E-state index in [2.05, 4.69) is 17.2 Å². The quantitative estimate of drug-likeness (QED) is 0.773. The van der Waals surface area contributed by atoms with Gasteiger partial charge in [-0.3, -0.25) is 10.1 Å². The van der Waals surface area contributed by atoms with Crippen LogP contribution in [0.4, 0.5) is 0 Å². The summed E-state index contributed by atoms with van der Waals surface area (Å²) >= 11 is 1.59. The average molecular weight is 227 g/mol. The second-order valence-corrected chi connectivity index (χ2v) is 4.29. The van der Waals surface area contributed by atoms with Gasteiger partial charge in [-0.2, -0.15) is 0 Å². The Morgan fingerprint density at radius 3 is 2.73 bits per heavy atom. The average Bonchev–Trinajstić information content (AvgIpc) is 2.72. The summed E-state index contributed by atoms with van der Waals surface area (Å²) in [7, 11) is 0. The molecule has 0 saturated carbocycles. The Labute approximate surface area is 93.9 Å². The molecule has 0 saturated heterocycles. The molecular weight excluding hydrogens is 210 g/mol. The zero-order valence-corrected chi connectivity index (χ0v) is 9.88. The molecule has 0 aliphatic carbocycles. The number of thiazole rings is 1. The number of nitrogens with two attached hydrogens (primary N) is 1. The van der Waals surface area contributed by atoms with Gasteiger partial charge < -0.3 is 5.73 Å². The Bertz CT molecular complexity index is 300. The van der Waals surface area contributed by atoms with Crippen molar-refractivity contribution in [2.24, 2.45) is 5.73 Å². The van der Waals surface area contributed by atoms with E-state index in [1.165, 1.54) is 0 Å². The molecule has 0 aromatic carbocycles. The van der Waals surface area contributed by atoms with Gasteiger partial charge in [-0.25, -0.2) is 4.98 Å². The predicted octanol–water partition coefficient (Wildman–Crippen LogP) is 1.45. The molecule has 1 aromatic rings. The maximum atomic E-state index is 11.1. The van der Waals surface area contributed by atoms with E-state index in [4.69, 9.17) is 5.73 Å². The van der Waals surface area contributed by atoms with Crippen LogP contribution in [0.15, 0.2) is 11.6 Å². The summed E-state index contributed by atoms with van der Waals surface area (Å²) in [6, 6.07) is -0.138. The first-order valence-corrected chi connectivity index (χ1v) is 6.01. The molecule has 0 spiro atoms. The van der Waals surface area contributed by atoms with Gasteiger partial charge in [0.05, 0.1) is 12.1 Å². The van der Waals surface area contributed by atoms with Crippen LogP contribution in [0.2, 0.25) is 0 Å². The van der Waals surface area contributed by atoms with Crippen LogP contribution >= 0.6 is 11.3 Å². The molecule has 5 heteroatoms. The van der Waals surface area contributed by atoms with Gasteiger partial charge in [0.1, 0.15) is 5.01 Å². The van der Waals surface area contributed by atoms with E-state index in [-0.39, 0.29) is 18.0 Å². The van der Waals surface area contributed by atoms with Crippen molar-refractivity contribution >= 4 is 17.2 Å². The maximum Gasteiger partial charge on any atom is 0.234 e. The standard InChI is InChI=1S/C10H17N3OS/c1-3-7(9(11)14)13-8(4-2)10-12-5-6-15-10/h5-8,13H,3-4H2,1-2H3,(H2,11,14). The first-order chi connectivity index (χ1) is 7.19. The number of amides is 1. The lowest BCUT2D eigenvalue weighted by Gasteiger charge is -2.20. The van der Waals surface area contributed by atoms with Crippen molar-refractivity contribution in [2.45, 2.75) is 38.8 Å². The van der Waals surface area contributed by atoms with Crippen molar-refractivity contribution in [1.82, 2.24) is 10.3 Å². The fourth-order valence-corrected chi connectivity index (χ4v) is 2.20. The lowest BCUT2D eigenvalue weighted by atomic mass is 10.1. The van der Waals surface area contributed by atoms with Crippen molar-refractivity contribution in [1.29, 1.82) is 0 Å². The first kappa shape index (κ1) is 12.1. The number of carbonyl (C=O) groups is 1. The summed E-state index contributed by atoms with van der Waals surface area (Å²) in [5.41, 5.74) is 5.29. The maximum absolute atomic E-state index is 11.1. The minimum absolute atomic E-state index is 0.127. The fraction of sp³-hybridized carbons (Fsp3) is 0.600. The lowest BCUT2D eigenvalue weighted by molar-refractivity contribution is -0.120. The van der Waals surface area contributed by atoms with Crippen LogP contribution in [0.3, 0.4) is 0 Å². The molecule has 1 rings (SSSR count). The largest absolute Gasteiger partial charge is 0.368 e. The van der Waals surface area contributed by atoms with Crippen LogP contribution < -0.4 is 11.1 Å². The third-order valence-corrected chi connectivity index (χ3v) is 3.20. The molecule has 0 bridgehead atoms. The summed E-state index contributed by atoms with van der Waals surface area (Å²) in [6.45, 7) is 4.00. The molecular formula is C10H17N3OS. The van der Waals surface area contributed by atoms with Crippen LogP contribution in [0.25, 0.3) is 0 Å². The number of nitrogens with one attached hydrogen (secondary N) is 1. The molecule has 2 unspecified atom stereocenters. The molecule has 0 aliphatic heterocycles. The van der Waals surface area contributed by atoms with Crippen molar-refractivity contribution in [2.75, 3.05) is 0 Å². The van der Waals surface area contributed by atoms with Crippen LogP contribution in [-0.4, -0.2) is 16.9 Å². The number of hydrogen-bond donors (Lipinski definition) is 2. The van der Waals surface area contributed by atoms with E-state index >= 15 is 0 Å². The normalized spacial score (nSPS) is 14.8. The van der Waals surface area contributed by atoms with Crippen LogP contribution in [0.5, 0.6) is 0 Å². The highest BCUT2D eigenvalue weighted by Gasteiger charge is 2.19. The van der Waals surface area contributed by atoms with Crippen LogP contribution in [-0.2, 0) is 4.79 Å². The van der Waals surface area contributed by atoms with Gasteiger partial charge in [-0.1, -0.05) is 13.8 Å². The highest BCUT2D eigenvalue weighted by Crippen LogP contribution is 2.19.